The van der Waals surface area contributed by atoms with Crippen LogP contribution >= 0.6 is 0 Å². The molecule has 0 bridgehead atoms. The highest BCUT2D eigenvalue weighted by atomic mass is 16.5. The fourth-order valence-electron chi connectivity index (χ4n) is 4.17. The lowest BCUT2D eigenvalue weighted by Gasteiger charge is -2.32. The molecule has 2 aliphatic rings. The van der Waals surface area contributed by atoms with Crippen molar-refractivity contribution in [1.82, 2.24) is 9.88 Å². The predicted octanol–water partition coefficient (Wildman–Crippen LogP) is 2.67. The molecule has 0 aliphatic carbocycles. The minimum absolute atomic E-state index is 0.556. The van der Waals surface area contributed by atoms with Crippen LogP contribution in [0.1, 0.15) is 23.5 Å². The number of likely N-dealkylation sites (tertiary alicyclic amines) is 1. The first-order valence-corrected chi connectivity index (χ1v) is 8.38. The highest BCUT2D eigenvalue weighted by Gasteiger charge is 2.43. The van der Waals surface area contributed by atoms with E-state index in [1.165, 1.54) is 11.1 Å². The van der Waals surface area contributed by atoms with Gasteiger partial charge in [0.15, 0.2) is 0 Å². The van der Waals surface area contributed by atoms with Gasteiger partial charge >= 0.3 is 0 Å². The molecule has 2 aliphatic heterocycles. The van der Waals surface area contributed by atoms with Gasteiger partial charge in [0.25, 0.3) is 0 Å². The first kappa shape index (κ1) is 14.7. The van der Waals surface area contributed by atoms with Crippen molar-refractivity contribution < 1.29 is 4.74 Å². The van der Waals surface area contributed by atoms with Crippen molar-refractivity contribution in [2.45, 2.75) is 24.9 Å². The van der Waals surface area contributed by atoms with Gasteiger partial charge in [-0.25, -0.2) is 4.98 Å². The van der Waals surface area contributed by atoms with Crippen LogP contribution < -0.4 is 5.73 Å². The SMILES string of the molecule is Nc1cc(CN2CC(c3ccccc3)C3COCCC32)ccn1. The number of nitrogens with zero attached hydrogens (tertiary/aromatic N) is 2. The lowest BCUT2D eigenvalue weighted by Crippen LogP contribution is -2.38. The minimum atomic E-state index is 0.556. The molecule has 0 spiro atoms. The lowest BCUT2D eigenvalue weighted by atomic mass is 9.84. The first-order valence-electron chi connectivity index (χ1n) is 8.38. The quantitative estimate of drug-likeness (QED) is 0.947. The summed E-state index contributed by atoms with van der Waals surface area (Å²) in [7, 11) is 0. The largest absolute Gasteiger partial charge is 0.384 e. The summed E-state index contributed by atoms with van der Waals surface area (Å²) in [5, 5.41) is 0. The molecule has 3 heterocycles. The summed E-state index contributed by atoms with van der Waals surface area (Å²) < 4.78 is 5.80. The van der Waals surface area contributed by atoms with E-state index in [1.54, 1.807) is 6.20 Å². The summed E-state index contributed by atoms with van der Waals surface area (Å²) in [6.07, 6.45) is 2.92. The molecule has 0 saturated carbocycles. The Morgan fingerprint density at radius 1 is 1.22 bits per heavy atom. The highest BCUT2D eigenvalue weighted by molar-refractivity contribution is 5.32. The zero-order valence-electron chi connectivity index (χ0n) is 13.3. The Labute approximate surface area is 137 Å². The second kappa shape index (κ2) is 6.30. The standard InChI is InChI=1S/C19H23N3O/c20-19-10-14(6-8-21-19)11-22-12-16(15-4-2-1-3-5-15)17-13-23-9-7-18(17)22/h1-6,8,10,16-18H,7,9,11-13H2,(H2,20,21). The summed E-state index contributed by atoms with van der Waals surface area (Å²) in [6.45, 7) is 3.78. The van der Waals surface area contributed by atoms with E-state index in [0.717, 1.165) is 32.7 Å². The molecule has 2 fully saturated rings. The predicted molar refractivity (Wildman–Crippen MR) is 91.0 cm³/mol. The van der Waals surface area contributed by atoms with E-state index in [0.29, 0.717) is 23.7 Å². The summed E-state index contributed by atoms with van der Waals surface area (Å²) in [5.74, 6) is 1.75. The smallest absolute Gasteiger partial charge is 0.123 e. The number of nitrogen functional groups attached to an aromatic ring is 1. The second-order valence-electron chi connectivity index (χ2n) is 6.63. The van der Waals surface area contributed by atoms with Gasteiger partial charge in [-0.3, -0.25) is 4.90 Å². The summed E-state index contributed by atoms with van der Waals surface area (Å²) in [4.78, 5) is 6.71. The average Bonchev–Trinajstić information content (AvgIpc) is 2.95. The molecule has 23 heavy (non-hydrogen) atoms. The fraction of sp³-hybridized carbons (Fsp3) is 0.421. The molecule has 2 aromatic rings. The van der Waals surface area contributed by atoms with Crippen LogP contribution in [0, 0.1) is 5.92 Å². The molecular formula is C19H23N3O. The molecule has 3 atom stereocenters. The van der Waals surface area contributed by atoms with Crippen molar-refractivity contribution in [3.05, 3.63) is 59.8 Å². The van der Waals surface area contributed by atoms with Crippen LogP contribution in [0.15, 0.2) is 48.7 Å². The maximum atomic E-state index is 5.83. The van der Waals surface area contributed by atoms with Crippen LogP contribution in [0.25, 0.3) is 0 Å². The van der Waals surface area contributed by atoms with E-state index in [1.807, 2.05) is 6.07 Å². The van der Waals surface area contributed by atoms with Crippen LogP contribution in [-0.2, 0) is 11.3 Å². The van der Waals surface area contributed by atoms with Crippen LogP contribution in [0.4, 0.5) is 5.82 Å². The lowest BCUT2D eigenvalue weighted by molar-refractivity contribution is 0.0177. The van der Waals surface area contributed by atoms with E-state index < -0.39 is 0 Å². The van der Waals surface area contributed by atoms with Gasteiger partial charge in [0.1, 0.15) is 5.82 Å². The van der Waals surface area contributed by atoms with E-state index >= 15 is 0 Å². The van der Waals surface area contributed by atoms with E-state index in [9.17, 15) is 0 Å². The Kier molecular flexibility index (Phi) is 4.02. The van der Waals surface area contributed by atoms with E-state index in [-0.39, 0.29) is 0 Å². The number of hydrogen-bond acceptors (Lipinski definition) is 4. The number of aromatic nitrogens is 1. The van der Waals surface area contributed by atoms with E-state index in [4.69, 9.17) is 10.5 Å². The van der Waals surface area contributed by atoms with Crippen LogP contribution in [0.2, 0.25) is 0 Å². The van der Waals surface area contributed by atoms with Crippen molar-refractivity contribution in [2.75, 3.05) is 25.5 Å². The molecule has 2 N–H and O–H groups in total. The van der Waals surface area contributed by atoms with E-state index in [2.05, 4.69) is 46.3 Å². The van der Waals surface area contributed by atoms with Gasteiger partial charge in [-0.05, 0) is 29.7 Å². The molecule has 4 rings (SSSR count). The molecule has 0 radical (unpaired) electrons. The van der Waals surface area contributed by atoms with Crippen molar-refractivity contribution in [1.29, 1.82) is 0 Å². The number of fused-ring (bicyclic) bond motifs is 1. The maximum Gasteiger partial charge on any atom is 0.123 e. The maximum absolute atomic E-state index is 5.83. The topological polar surface area (TPSA) is 51.4 Å². The van der Waals surface area contributed by atoms with Crippen LogP contribution in [-0.4, -0.2) is 35.7 Å². The minimum Gasteiger partial charge on any atom is -0.384 e. The van der Waals surface area contributed by atoms with Crippen molar-refractivity contribution >= 4 is 5.82 Å². The Balaban J connectivity index is 1.58. The van der Waals surface area contributed by atoms with Gasteiger partial charge in [0, 0.05) is 43.8 Å². The summed E-state index contributed by atoms with van der Waals surface area (Å²) >= 11 is 0. The van der Waals surface area contributed by atoms with Gasteiger partial charge in [0.05, 0.1) is 6.61 Å². The number of anilines is 1. The Hall–Kier alpha value is -1.91. The molecule has 3 unspecified atom stereocenters. The molecule has 4 heteroatoms. The molecule has 4 nitrogen and oxygen atoms in total. The third-order valence-electron chi connectivity index (χ3n) is 5.24. The van der Waals surface area contributed by atoms with Crippen molar-refractivity contribution in [2.24, 2.45) is 5.92 Å². The number of benzene rings is 1. The fourth-order valence-corrected chi connectivity index (χ4v) is 4.17. The number of rotatable bonds is 3. The van der Waals surface area contributed by atoms with Gasteiger partial charge in [-0.15, -0.1) is 0 Å². The highest BCUT2D eigenvalue weighted by Crippen LogP contribution is 2.41. The van der Waals surface area contributed by atoms with Crippen LogP contribution in [0.3, 0.4) is 0 Å². The van der Waals surface area contributed by atoms with Gasteiger partial charge in [-0.2, -0.15) is 0 Å². The normalized spacial score (nSPS) is 27.7. The molecular weight excluding hydrogens is 286 g/mol. The number of nitrogens with two attached hydrogens (primary N) is 1. The molecule has 0 amide bonds. The molecule has 1 aromatic heterocycles. The van der Waals surface area contributed by atoms with Crippen molar-refractivity contribution in [3.8, 4) is 0 Å². The van der Waals surface area contributed by atoms with Crippen molar-refractivity contribution in [3.63, 3.8) is 0 Å². The molecule has 1 aromatic carbocycles. The second-order valence-corrected chi connectivity index (χ2v) is 6.63. The Bertz CT molecular complexity index is 661. The average molecular weight is 309 g/mol. The van der Waals surface area contributed by atoms with Crippen LogP contribution in [0.5, 0.6) is 0 Å². The number of ether oxygens (including phenoxy) is 1. The Morgan fingerprint density at radius 2 is 2.09 bits per heavy atom. The third-order valence-corrected chi connectivity index (χ3v) is 5.24. The summed E-state index contributed by atoms with van der Waals surface area (Å²) in [6, 6.07) is 15.5. The third kappa shape index (κ3) is 2.96. The number of hydrogen-bond donors (Lipinski definition) is 1. The number of pyridine rings is 1. The monoisotopic (exact) mass is 309 g/mol. The zero-order chi connectivity index (χ0) is 15.6. The molecule has 120 valence electrons. The van der Waals surface area contributed by atoms with Gasteiger partial charge < -0.3 is 10.5 Å². The molecule has 2 saturated heterocycles. The zero-order valence-corrected chi connectivity index (χ0v) is 13.3. The first-order chi connectivity index (χ1) is 11.3. The van der Waals surface area contributed by atoms with Gasteiger partial charge in [-0.1, -0.05) is 30.3 Å². The Morgan fingerprint density at radius 3 is 2.91 bits per heavy atom. The van der Waals surface area contributed by atoms with Gasteiger partial charge in [0.2, 0.25) is 0 Å². The summed E-state index contributed by atoms with van der Waals surface area (Å²) in [5.41, 5.74) is 8.52.